The van der Waals surface area contributed by atoms with Crippen LogP contribution in [-0.4, -0.2) is 70.5 Å². The van der Waals surface area contributed by atoms with E-state index in [4.69, 9.17) is 9.47 Å². The van der Waals surface area contributed by atoms with E-state index in [1.165, 1.54) is 11.0 Å². The van der Waals surface area contributed by atoms with Crippen molar-refractivity contribution >= 4 is 36.5 Å². The third-order valence-electron chi connectivity index (χ3n) is 5.36. The third-order valence-corrected chi connectivity index (χ3v) is 5.73. The Morgan fingerprint density at radius 2 is 1.89 bits per heavy atom. The molecule has 1 aromatic carbocycles. The van der Waals surface area contributed by atoms with E-state index in [-0.39, 0.29) is 37.1 Å². The first-order valence-electron chi connectivity index (χ1n) is 12.0. The number of rotatable bonds is 11. The summed E-state index contributed by atoms with van der Waals surface area (Å²) in [7, 11) is 0. The Kier molecular flexibility index (Phi) is 10.4. The highest BCUT2D eigenvalue weighted by Gasteiger charge is 2.44. The highest BCUT2D eigenvalue weighted by molar-refractivity contribution is 7.80. The lowest BCUT2D eigenvalue weighted by atomic mass is 10.00. The number of carbonyl (C=O) groups is 4. The van der Waals surface area contributed by atoms with Gasteiger partial charge in [-0.25, -0.2) is 4.79 Å². The summed E-state index contributed by atoms with van der Waals surface area (Å²) >= 11 is 4.26. The molecule has 1 aromatic rings. The largest absolute Gasteiger partial charge is 0.508 e. The molecule has 2 atom stereocenters. The van der Waals surface area contributed by atoms with Crippen molar-refractivity contribution in [2.45, 2.75) is 77.6 Å². The van der Waals surface area contributed by atoms with Crippen molar-refractivity contribution in [3.8, 4) is 5.75 Å². The van der Waals surface area contributed by atoms with Gasteiger partial charge in [-0.05, 0) is 70.7 Å². The monoisotopic (exact) mass is 523 g/mol. The molecule has 1 aliphatic carbocycles. The van der Waals surface area contributed by atoms with E-state index >= 15 is 0 Å². The minimum absolute atomic E-state index is 0.00685. The van der Waals surface area contributed by atoms with Gasteiger partial charge in [0.1, 0.15) is 23.4 Å². The molecule has 2 rings (SSSR count). The van der Waals surface area contributed by atoms with Crippen molar-refractivity contribution in [1.82, 2.24) is 15.5 Å². The van der Waals surface area contributed by atoms with Crippen molar-refractivity contribution in [3.63, 3.8) is 0 Å². The Labute approximate surface area is 217 Å². The molecule has 1 aliphatic rings. The molecule has 1 fully saturated rings. The number of nitrogens with zero attached hydrogens (tertiary/aromatic N) is 1. The molecule has 0 aromatic heterocycles. The maximum absolute atomic E-state index is 13.7. The number of nitrogens with one attached hydrogen (secondary N) is 2. The van der Waals surface area contributed by atoms with Crippen molar-refractivity contribution < 1.29 is 33.8 Å². The summed E-state index contributed by atoms with van der Waals surface area (Å²) in [5, 5.41) is 15.3. The lowest BCUT2D eigenvalue weighted by Gasteiger charge is -2.34. The smallest absolute Gasteiger partial charge is 0.408 e. The molecule has 0 saturated heterocycles. The topological polar surface area (TPSA) is 134 Å². The van der Waals surface area contributed by atoms with Crippen molar-refractivity contribution in [1.29, 1.82) is 0 Å². The van der Waals surface area contributed by atoms with Gasteiger partial charge in [0.05, 0.1) is 13.0 Å². The normalized spacial score (nSPS) is 14.8. The number of phenolic OH excluding ortho intramolecular Hbond substituents is 1. The molecule has 2 unspecified atom stereocenters. The van der Waals surface area contributed by atoms with Crippen LogP contribution in [0.4, 0.5) is 4.79 Å². The average molecular weight is 524 g/mol. The van der Waals surface area contributed by atoms with Crippen LogP contribution in [-0.2, 0) is 23.9 Å². The molecule has 200 valence electrons. The van der Waals surface area contributed by atoms with Crippen LogP contribution in [0, 0.1) is 6.92 Å². The van der Waals surface area contributed by atoms with Crippen LogP contribution in [0.15, 0.2) is 18.2 Å². The van der Waals surface area contributed by atoms with Crippen LogP contribution in [0.1, 0.15) is 64.1 Å². The van der Waals surface area contributed by atoms with Gasteiger partial charge >= 0.3 is 12.1 Å². The van der Waals surface area contributed by atoms with Crippen LogP contribution < -0.4 is 10.6 Å². The molecule has 36 heavy (non-hydrogen) atoms. The van der Waals surface area contributed by atoms with Gasteiger partial charge in [-0.2, -0.15) is 12.6 Å². The average Bonchev–Trinajstić information content (AvgIpc) is 3.61. The van der Waals surface area contributed by atoms with Gasteiger partial charge < -0.3 is 30.1 Å². The van der Waals surface area contributed by atoms with Gasteiger partial charge in [0.15, 0.2) is 0 Å². The molecule has 10 nitrogen and oxygen atoms in total. The van der Waals surface area contributed by atoms with Gasteiger partial charge in [0.2, 0.25) is 11.8 Å². The maximum atomic E-state index is 13.7. The highest BCUT2D eigenvalue weighted by Crippen LogP contribution is 2.36. The number of hydrogen-bond acceptors (Lipinski definition) is 8. The number of esters is 1. The molecular weight excluding hydrogens is 486 g/mol. The fourth-order valence-corrected chi connectivity index (χ4v) is 3.84. The molecule has 0 radical (unpaired) electrons. The zero-order valence-corrected chi connectivity index (χ0v) is 22.4. The van der Waals surface area contributed by atoms with E-state index in [1.54, 1.807) is 46.8 Å². The second kappa shape index (κ2) is 12.8. The van der Waals surface area contributed by atoms with E-state index < -0.39 is 41.6 Å². The molecule has 0 spiro atoms. The van der Waals surface area contributed by atoms with Gasteiger partial charge in [0.25, 0.3) is 0 Å². The first-order valence-corrected chi connectivity index (χ1v) is 12.7. The van der Waals surface area contributed by atoms with E-state index in [1.807, 2.05) is 0 Å². The summed E-state index contributed by atoms with van der Waals surface area (Å²) in [6.07, 6.45) is 0.613. The zero-order valence-electron chi connectivity index (χ0n) is 21.5. The number of hydrogen-bond donors (Lipinski definition) is 4. The highest BCUT2D eigenvalue weighted by atomic mass is 32.1. The number of aryl methyl sites for hydroxylation is 1. The van der Waals surface area contributed by atoms with Crippen LogP contribution in [0.5, 0.6) is 5.75 Å². The van der Waals surface area contributed by atoms with Crippen molar-refractivity contribution in [2.75, 3.05) is 18.9 Å². The summed E-state index contributed by atoms with van der Waals surface area (Å²) in [5.41, 5.74) is 0.280. The quantitative estimate of drug-likeness (QED) is 0.259. The zero-order chi connectivity index (χ0) is 27.0. The van der Waals surface area contributed by atoms with E-state index in [2.05, 4.69) is 23.3 Å². The van der Waals surface area contributed by atoms with Crippen molar-refractivity contribution in [2.24, 2.45) is 0 Å². The molecule has 0 heterocycles. The fraction of sp³-hybridized carbons (Fsp3) is 0.600. The molecule has 0 aliphatic heterocycles. The molecule has 3 amide bonds. The van der Waals surface area contributed by atoms with Crippen LogP contribution in [0.2, 0.25) is 0 Å². The standard InChI is InChI=1S/C25H37N3O7S/c1-6-34-20(30)11-12-26-22(31)21(16-7-10-19(29)15(2)13-16)28(17-8-9-17)23(32)18(14-36)27-24(33)35-25(3,4)5/h7,10,13,17-18,21,29,36H,6,8-9,11-12,14H2,1-5H3,(H,26,31)(H,27,33). The lowest BCUT2D eigenvalue weighted by Crippen LogP contribution is -2.54. The first kappa shape index (κ1) is 29.3. The number of phenols is 1. The Morgan fingerprint density at radius 1 is 1.22 bits per heavy atom. The van der Waals surface area contributed by atoms with E-state index in [0.29, 0.717) is 24.0 Å². The number of thiol groups is 1. The molecule has 0 bridgehead atoms. The summed E-state index contributed by atoms with van der Waals surface area (Å²) < 4.78 is 10.2. The molecule has 1 saturated carbocycles. The summed E-state index contributed by atoms with van der Waals surface area (Å²) in [4.78, 5) is 52.7. The SMILES string of the molecule is CCOC(=O)CCNC(=O)C(c1ccc(O)c(C)c1)N(C(=O)C(CS)NC(=O)OC(C)(C)C)C1CC1. The van der Waals surface area contributed by atoms with Gasteiger partial charge in [0, 0.05) is 18.3 Å². The van der Waals surface area contributed by atoms with E-state index in [0.717, 1.165) is 0 Å². The molecule has 3 N–H and O–H groups in total. The third kappa shape index (κ3) is 8.61. The Hall–Kier alpha value is -2.95. The lowest BCUT2D eigenvalue weighted by molar-refractivity contribution is -0.144. The van der Waals surface area contributed by atoms with Crippen molar-refractivity contribution in [3.05, 3.63) is 29.3 Å². The second-order valence-corrected chi connectivity index (χ2v) is 10.0. The number of carbonyl (C=O) groups excluding carboxylic acids is 4. The van der Waals surface area contributed by atoms with Crippen LogP contribution >= 0.6 is 12.6 Å². The Balaban J connectivity index is 2.34. The fourth-order valence-electron chi connectivity index (χ4n) is 3.59. The Morgan fingerprint density at radius 3 is 2.42 bits per heavy atom. The predicted molar refractivity (Wildman–Crippen MR) is 137 cm³/mol. The van der Waals surface area contributed by atoms with E-state index in [9.17, 15) is 24.3 Å². The van der Waals surface area contributed by atoms with Gasteiger partial charge in [-0.3, -0.25) is 14.4 Å². The van der Waals surface area contributed by atoms with Gasteiger partial charge in [-0.15, -0.1) is 0 Å². The number of aromatic hydroxyl groups is 1. The van der Waals surface area contributed by atoms with Gasteiger partial charge in [-0.1, -0.05) is 6.07 Å². The van der Waals surface area contributed by atoms with Crippen LogP contribution in [0.25, 0.3) is 0 Å². The predicted octanol–water partition coefficient (Wildman–Crippen LogP) is 2.63. The number of ether oxygens (including phenoxy) is 2. The minimum atomic E-state index is -1.05. The first-order chi connectivity index (χ1) is 16.9. The maximum Gasteiger partial charge on any atom is 0.408 e. The van der Waals surface area contributed by atoms with Crippen LogP contribution in [0.3, 0.4) is 0 Å². The Bertz CT molecular complexity index is 959. The molecule has 11 heteroatoms. The minimum Gasteiger partial charge on any atom is -0.508 e. The summed E-state index contributed by atoms with van der Waals surface area (Å²) in [5.74, 6) is -1.35. The number of benzene rings is 1. The number of alkyl carbamates (subject to hydrolysis) is 1. The number of amides is 3. The summed E-state index contributed by atoms with van der Waals surface area (Å²) in [6.45, 7) is 8.80. The summed E-state index contributed by atoms with van der Waals surface area (Å²) in [6, 6.07) is 2.40. The second-order valence-electron chi connectivity index (χ2n) is 9.65. The molecular formula is C25H37N3O7S.